The summed E-state index contributed by atoms with van der Waals surface area (Å²) in [6.45, 7) is 1.59. The van der Waals surface area contributed by atoms with Crippen LogP contribution in [0.15, 0.2) is 23.5 Å². The molecule has 11 heavy (non-hydrogen) atoms. The van der Waals surface area contributed by atoms with E-state index in [0.717, 1.165) is 0 Å². The van der Waals surface area contributed by atoms with E-state index in [1.807, 2.05) is 0 Å². The topological polar surface area (TPSA) is 64.3 Å². The number of aliphatic hydroxyl groups is 2. The molecule has 1 unspecified atom stereocenters. The largest absolute Gasteiger partial charge is 0.508 e. The Bertz CT molecular complexity index is 240. The predicted octanol–water partition coefficient (Wildman–Crippen LogP) is 1.16. The highest BCUT2D eigenvalue weighted by Crippen LogP contribution is 2.16. The fraction of sp³-hybridized carbons (Fsp3) is 0.375. The molecule has 1 aliphatic rings. The summed E-state index contributed by atoms with van der Waals surface area (Å²) in [5, 5.41) is 25.6. The molecule has 0 aromatic rings. The first-order valence-electron chi connectivity index (χ1n) is 3.45. The zero-order valence-electron chi connectivity index (χ0n) is 6.33. The maximum absolute atomic E-state index is 9.29. The van der Waals surface area contributed by atoms with Crippen molar-refractivity contribution in [2.75, 3.05) is 0 Å². The van der Waals surface area contributed by atoms with Crippen molar-refractivity contribution < 1.29 is 10.2 Å². The molecule has 0 heterocycles. The standard InChI is InChI=1S/C8H11NO2/c1-5(9)7-4-6(10)2-3-8(7)11/h2,4,8-11H,3H2,1H3. The first kappa shape index (κ1) is 8.01. The highest BCUT2D eigenvalue weighted by molar-refractivity contribution is 5.97. The number of hydrogen-bond donors (Lipinski definition) is 3. The zero-order chi connectivity index (χ0) is 8.43. The normalized spacial score (nSPS) is 24.0. The van der Waals surface area contributed by atoms with Gasteiger partial charge in [-0.25, -0.2) is 0 Å². The molecule has 1 aliphatic carbocycles. The van der Waals surface area contributed by atoms with Crippen molar-refractivity contribution in [1.29, 1.82) is 5.41 Å². The van der Waals surface area contributed by atoms with Gasteiger partial charge in [0.15, 0.2) is 0 Å². The van der Waals surface area contributed by atoms with Gasteiger partial charge in [-0.05, 0) is 25.5 Å². The Labute approximate surface area is 65.2 Å². The predicted molar refractivity (Wildman–Crippen MR) is 42.8 cm³/mol. The summed E-state index contributed by atoms with van der Waals surface area (Å²) in [6.07, 6.45) is 2.74. The van der Waals surface area contributed by atoms with Gasteiger partial charge in [-0.15, -0.1) is 0 Å². The van der Waals surface area contributed by atoms with Crippen LogP contribution in [0.2, 0.25) is 0 Å². The van der Waals surface area contributed by atoms with Crippen LogP contribution >= 0.6 is 0 Å². The third-order valence-corrected chi connectivity index (χ3v) is 1.65. The SMILES string of the molecule is CC(=N)C1=CC(O)=CCC1O. The van der Waals surface area contributed by atoms with E-state index in [1.54, 1.807) is 6.92 Å². The van der Waals surface area contributed by atoms with Crippen LogP contribution < -0.4 is 0 Å². The Morgan fingerprint density at radius 3 is 2.82 bits per heavy atom. The molecule has 0 aromatic heterocycles. The van der Waals surface area contributed by atoms with Crippen molar-refractivity contribution in [3.63, 3.8) is 0 Å². The second kappa shape index (κ2) is 2.88. The molecule has 0 bridgehead atoms. The molecule has 0 aromatic carbocycles. The van der Waals surface area contributed by atoms with Crippen LogP contribution in [0.5, 0.6) is 0 Å². The molecule has 0 radical (unpaired) electrons. The number of nitrogens with one attached hydrogen (secondary N) is 1. The lowest BCUT2D eigenvalue weighted by Gasteiger charge is -2.15. The lowest BCUT2D eigenvalue weighted by Crippen LogP contribution is -2.17. The van der Waals surface area contributed by atoms with Gasteiger partial charge in [0.2, 0.25) is 0 Å². The van der Waals surface area contributed by atoms with E-state index < -0.39 is 6.10 Å². The van der Waals surface area contributed by atoms with E-state index in [2.05, 4.69) is 0 Å². The van der Waals surface area contributed by atoms with Crippen LogP contribution in [-0.4, -0.2) is 22.0 Å². The summed E-state index contributed by atoms with van der Waals surface area (Å²) in [5.41, 5.74) is 0.808. The van der Waals surface area contributed by atoms with E-state index in [4.69, 9.17) is 10.5 Å². The van der Waals surface area contributed by atoms with Crippen molar-refractivity contribution in [1.82, 2.24) is 0 Å². The zero-order valence-corrected chi connectivity index (χ0v) is 6.33. The molecular formula is C8H11NO2. The van der Waals surface area contributed by atoms with E-state index >= 15 is 0 Å². The summed E-state index contributed by atoms with van der Waals surface area (Å²) in [6, 6.07) is 0. The van der Waals surface area contributed by atoms with Gasteiger partial charge >= 0.3 is 0 Å². The van der Waals surface area contributed by atoms with Gasteiger partial charge in [0.25, 0.3) is 0 Å². The van der Waals surface area contributed by atoms with Crippen LogP contribution in [0.4, 0.5) is 0 Å². The molecule has 3 N–H and O–H groups in total. The van der Waals surface area contributed by atoms with Gasteiger partial charge in [0, 0.05) is 11.3 Å². The van der Waals surface area contributed by atoms with E-state index in [1.165, 1.54) is 12.2 Å². The molecule has 0 saturated heterocycles. The quantitative estimate of drug-likeness (QED) is 0.495. The van der Waals surface area contributed by atoms with Gasteiger partial charge in [-0.2, -0.15) is 0 Å². The van der Waals surface area contributed by atoms with Crippen LogP contribution in [0, 0.1) is 5.41 Å². The second-order valence-electron chi connectivity index (χ2n) is 2.61. The van der Waals surface area contributed by atoms with Crippen LogP contribution in [-0.2, 0) is 0 Å². The van der Waals surface area contributed by atoms with Crippen molar-refractivity contribution in [2.24, 2.45) is 0 Å². The van der Waals surface area contributed by atoms with Gasteiger partial charge in [-0.1, -0.05) is 0 Å². The fourth-order valence-electron chi connectivity index (χ4n) is 1.03. The van der Waals surface area contributed by atoms with Crippen molar-refractivity contribution in [3.05, 3.63) is 23.5 Å². The molecule has 1 rings (SSSR count). The Morgan fingerprint density at radius 1 is 1.73 bits per heavy atom. The molecule has 1 atom stereocenters. The second-order valence-corrected chi connectivity index (χ2v) is 2.61. The Morgan fingerprint density at radius 2 is 2.36 bits per heavy atom. The summed E-state index contributed by atoms with van der Waals surface area (Å²) >= 11 is 0. The number of rotatable bonds is 1. The fourth-order valence-corrected chi connectivity index (χ4v) is 1.03. The summed E-state index contributed by atoms with van der Waals surface area (Å²) in [7, 11) is 0. The van der Waals surface area contributed by atoms with Crippen molar-refractivity contribution in [3.8, 4) is 0 Å². The smallest absolute Gasteiger partial charge is 0.112 e. The maximum Gasteiger partial charge on any atom is 0.112 e. The first-order chi connectivity index (χ1) is 5.11. The average Bonchev–Trinajstić information content (AvgIpc) is 1.94. The molecule has 60 valence electrons. The summed E-state index contributed by atoms with van der Waals surface area (Å²) in [4.78, 5) is 0. The summed E-state index contributed by atoms with van der Waals surface area (Å²) < 4.78 is 0. The minimum Gasteiger partial charge on any atom is -0.508 e. The van der Waals surface area contributed by atoms with Crippen LogP contribution in [0.1, 0.15) is 13.3 Å². The Balaban J connectivity index is 2.90. The van der Waals surface area contributed by atoms with Gasteiger partial charge < -0.3 is 15.6 Å². The molecule has 3 nitrogen and oxygen atoms in total. The van der Waals surface area contributed by atoms with E-state index in [-0.39, 0.29) is 5.76 Å². The monoisotopic (exact) mass is 153 g/mol. The average molecular weight is 153 g/mol. The molecule has 3 heteroatoms. The maximum atomic E-state index is 9.29. The lowest BCUT2D eigenvalue weighted by molar-refractivity contribution is 0.215. The number of aliphatic hydroxyl groups excluding tert-OH is 2. The van der Waals surface area contributed by atoms with E-state index in [9.17, 15) is 5.11 Å². The Kier molecular flexibility index (Phi) is 2.10. The van der Waals surface area contributed by atoms with Crippen molar-refractivity contribution in [2.45, 2.75) is 19.4 Å². The molecule has 0 aliphatic heterocycles. The van der Waals surface area contributed by atoms with E-state index in [0.29, 0.717) is 17.7 Å². The van der Waals surface area contributed by atoms with Crippen LogP contribution in [0.3, 0.4) is 0 Å². The minimum atomic E-state index is -0.622. The van der Waals surface area contributed by atoms with Crippen LogP contribution in [0.25, 0.3) is 0 Å². The van der Waals surface area contributed by atoms with Gasteiger partial charge in [0.1, 0.15) is 5.76 Å². The molecule has 0 amide bonds. The van der Waals surface area contributed by atoms with Gasteiger partial charge in [0.05, 0.1) is 6.10 Å². The van der Waals surface area contributed by atoms with Gasteiger partial charge in [-0.3, -0.25) is 0 Å². The molecule has 0 saturated carbocycles. The minimum absolute atomic E-state index is 0.136. The molecule has 0 fully saturated rings. The Hall–Kier alpha value is -1.09. The highest BCUT2D eigenvalue weighted by Gasteiger charge is 2.15. The summed E-state index contributed by atoms with van der Waals surface area (Å²) in [5.74, 6) is 0.136. The third-order valence-electron chi connectivity index (χ3n) is 1.65. The lowest BCUT2D eigenvalue weighted by atomic mass is 9.97. The highest BCUT2D eigenvalue weighted by atomic mass is 16.3. The number of allylic oxidation sites excluding steroid dienone is 1. The first-order valence-corrected chi connectivity index (χ1v) is 3.45. The molecule has 0 spiro atoms. The third kappa shape index (κ3) is 1.68. The number of hydrogen-bond acceptors (Lipinski definition) is 3. The van der Waals surface area contributed by atoms with Crippen molar-refractivity contribution >= 4 is 5.71 Å². The molecular weight excluding hydrogens is 142 g/mol.